The molecule has 160 valence electrons. The first-order chi connectivity index (χ1) is 13.6. The number of halogens is 3. The summed E-state index contributed by atoms with van der Waals surface area (Å²) in [6, 6.07) is 5.55. The quantitative estimate of drug-likeness (QED) is 0.529. The molecule has 29 heavy (non-hydrogen) atoms. The Morgan fingerprint density at radius 2 is 1.97 bits per heavy atom. The van der Waals surface area contributed by atoms with Crippen LogP contribution in [-0.2, 0) is 19.8 Å². The molecule has 5 nitrogen and oxygen atoms in total. The Kier molecular flexibility index (Phi) is 7.70. The van der Waals surface area contributed by atoms with E-state index in [1.165, 1.54) is 12.1 Å². The molecular weight excluding hydrogens is 379 g/mol. The van der Waals surface area contributed by atoms with E-state index < -0.39 is 11.7 Å². The zero-order chi connectivity index (χ0) is 21.6. The molecule has 0 amide bonds. The summed E-state index contributed by atoms with van der Waals surface area (Å²) in [4.78, 5) is 4.63. The minimum Gasteiger partial charge on any atom is -0.357 e. The molecule has 0 aliphatic rings. The van der Waals surface area contributed by atoms with Crippen LogP contribution in [0.4, 0.5) is 13.2 Å². The maximum atomic E-state index is 12.9. The van der Waals surface area contributed by atoms with E-state index in [0.29, 0.717) is 31.0 Å². The maximum Gasteiger partial charge on any atom is 0.416 e. The SMILES string of the molecule is CCNC(=NCc1c(C)nn(C)c1C)NCCC(C)c1cccc(C(F)(F)F)c1. The van der Waals surface area contributed by atoms with Crippen LogP contribution in [0.15, 0.2) is 29.3 Å². The summed E-state index contributed by atoms with van der Waals surface area (Å²) >= 11 is 0. The van der Waals surface area contributed by atoms with Gasteiger partial charge in [-0.05, 0) is 44.7 Å². The van der Waals surface area contributed by atoms with Gasteiger partial charge in [-0.3, -0.25) is 4.68 Å². The van der Waals surface area contributed by atoms with Crippen molar-refractivity contribution in [3.63, 3.8) is 0 Å². The highest BCUT2D eigenvalue weighted by molar-refractivity contribution is 5.79. The maximum absolute atomic E-state index is 12.9. The number of alkyl halides is 3. The Labute approximate surface area is 170 Å². The fourth-order valence-electron chi connectivity index (χ4n) is 3.14. The molecule has 1 aromatic carbocycles. The summed E-state index contributed by atoms with van der Waals surface area (Å²) in [5.74, 6) is 0.682. The number of hydrogen-bond donors (Lipinski definition) is 2. The van der Waals surface area contributed by atoms with E-state index in [0.717, 1.165) is 29.6 Å². The zero-order valence-corrected chi connectivity index (χ0v) is 17.7. The van der Waals surface area contributed by atoms with Gasteiger partial charge in [0.05, 0.1) is 17.8 Å². The number of nitrogens with one attached hydrogen (secondary N) is 2. The molecule has 0 saturated carbocycles. The molecule has 1 aromatic heterocycles. The smallest absolute Gasteiger partial charge is 0.357 e. The van der Waals surface area contributed by atoms with Crippen LogP contribution in [0, 0.1) is 13.8 Å². The molecule has 0 spiro atoms. The van der Waals surface area contributed by atoms with E-state index in [-0.39, 0.29) is 5.92 Å². The predicted octanol–water partition coefficient (Wildman–Crippen LogP) is 4.30. The number of benzene rings is 1. The van der Waals surface area contributed by atoms with Gasteiger partial charge in [0.2, 0.25) is 0 Å². The Morgan fingerprint density at radius 1 is 1.24 bits per heavy atom. The Balaban J connectivity index is 1.97. The van der Waals surface area contributed by atoms with Crippen LogP contribution in [0.3, 0.4) is 0 Å². The summed E-state index contributed by atoms with van der Waals surface area (Å²) in [6.07, 6.45) is -3.63. The lowest BCUT2D eigenvalue weighted by atomic mass is 9.96. The molecule has 0 saturated heterocycles. The highest BCUT2D eigenvalue weighted by Crippen LogP contribution is 2.31. The van der Waals surface area contributed by atoms with Crippen molar-refractivity contribution >= 4 is 5.96 Å². The van der Waals surface area contributed by atoms with Crippen molar-refractivity contribution in [2.75, 3.05) is 13.1 Å². The second-order valence-electron chi connectivity index (χ2n) is 7.21. The molecular formula is C21H30F3N5. The lowest BCUT2D eigenvalue weighted by Crippen LogP contribution is -2.38. The third-order valence-electron chi connectivity index (χ3n) is 5.05. The first-order valence-electron chi connectivity index (χ1n) is 9.81. The van der Waals surface area contributed by atoms with Gasteiger partial charge < -0.3 is 10.6 Å². The number of aromatic nitrogens is 2. The van der Waals surface area contributed by atoms with Gasteiger partial charge in [-0.1, -0.05) is 25.1 Å². The van der Waals surface area contributed by atoms with Gasteiger partial charge in [0.25, 0.3) is 0 Å². The number of aliphatic imine (C=N–C) groups is 1. The van der Waals surface area contributed by atoms with Crippen LogP contribution in [0.2, 0.25) is 0 Å². The molecule has 0 aliphatic carbocycles. The van der Waals surface area contributed by atoms with Crippen molar-refractivity contribution in [1.29, 1.82) is 0 Å². The second-order valence-corrected chi connectivity index (χ2v) is 7.21. The fraction of sp³-hybridized carbons (Fsp3) is 0.524. The first kappa shape index (κ1) is 22.8. The average molecular weight is 410 g/mol. The van der Waals surface area contributed by atoms with Crippen LogP contribution in [0.1, 0.15) is 54.3 Å². The first-order valence-corrected chi connectivity index (χ1v) is 9.81. The number of nitrogens with zero attached hydrogens (tertiary/aromatic N) is 3. The minimum absolute atomic E-state index is 0.00418. The summed E-state index contributed by atoms with van der Waals surface area (Å²) in [5, 5.41) is 10.9. The molecule has 2 rings (SSSR count). The topological polar surface area (TPSA) is 54.2 Å². The number of aryl methyl sites for hydroxylation is 2. The lowest BCUT2D eigenvalue weighted by molar-refractivity contribution is -0.137. The monoisotopic (exact) mass is 409 g/mol. The van der Waals surface area contributed by atoms with E-state index in [9.17, 15) is 13.2 Å². The Bertz CT molecular complexity index is 839. The summed E-state index contributed by atoms with van der Waals surface area (Å²) < 4.78 is 40.6. The molecule has 0 fully saturated rings. The Morgan fingerprint density at radius 3 is 2.55 bits per heavy atom. The van der Waals surface area contributed by atoms with Crippen LogP contribution >= 0.6 is 0 Å². The molecule has 1 unspecified atom stereocenters. The van der Waals surface area contributed by atoms with E-state index in [1.807, 2.05) is 39.4 Å². The second kappa shape index (κ2) is 9.80. The molecule has 0 bridgehead atoms. The standard InChI is InChI=1S/C21H30F3N5/c1-6-25-20(27-13-19-15(3)28-29(5)16(19)4)26-11-10-14(2)17-8-7-9-18(12-17)21(22,23)24/h7-9,12,14H,6,10-11,13H2,1-5H3,(H2,25,26,27). The summed E-state index contributed by atoms with van der Waals surface area (Å²) in [5.41, 5.74) is 3.22. The van der Waals surface area contributed by atoms with E-state index in [1.54, 1.807) is 6.07 Å². The van der Waals surface area contributed by atoms with Crippen molar-refractivity contribution in [3.05, 3.63) is 52.3 Å². The van der Waals surface area contributed by atoms with Gasteiger partial charge in [-0.25, -0.2) is 4.99 Å². The molecule has 0 aliphatic heterocycles. The normalized spacial score (nSPS) is 13.4. The zero-order valence-electron chi connectivity index (χ0n) is 17.7. The molecule has 0 radical (unpaired) electrons. The van der Waals surface area contributed by atoms with Crippen LogP contribution in [-0.4, -0.2) is 28.8 Å². The van der Waals surface area contributed by atoms with Gasteiger partial charge in [-0.2, -0.15) is 18.3 Å². The van der Waals surface area contributed by atoms with Crippen molar-refractivity contribution in [2.45, 2.75) is 52.8 Å². The largest absolute Gasteiger partial charge is 0.416 e. The highest BCUT2D eigenvalue weighted by atomic mass is 19.4. The van der Waals surface area contributed by atoms with Gasteiger partial charge >= 0.3 is 6.18 Å². The molecule has 2 N–H and O–H groups in total. The fourth-order valence-corrected chi connectivity index (χ4v) is 3.14. The summed E-state index contributed by atoms with van der Waals surface area (Å²) in [6.45, 7) is 9.75. The number of rotatable bonds is 7. The molecule has 2 aromatic rings. The lowest BCUT2D eigenvalue weighted by Gasteiger charge is -2.16. The minimum atomic E-state index is -4.32. The van der Waals surface area contributed by atoms with Gasteiger partial charge in [0.1, 0.15) is 0 Å². The number of hydrogen-bond acceptors (Lipinski definition) is 2. The third kappa shape index (κ3) is 6.24. The van der Waals surface area contributed by atoms with Gasteiger partial charge in [0.15, 0.2) is 5.96 Å². The van der Waals surface area contributed by atoms with Crippen molar-refractivity contribution < 1.29 is 13.2 Å². The number of guanidine groups is 1. The van der Waals surface area contributed by atoms with Crippen LogP contribution in [0.5, 0.6) is 0 Å². The van der Waals surface area contributed by atoms with Gasteiger partial charge in [0, 0.05) is 31.4 Å². The Hall–Kier alpha value is -2.51. The van der Waals surface area contributed by atoms with Crippen molar-refractivity contribution in [1.82, 2.24) is 20.4 Å². The molecule has 8 heteroatoms. The van der Waals surface area contributed by atoms with E-state index >= 15 is 0 Å². The molecule has 1 heterocycles. The van der Waals surface area contributed by atoms with Crippen LogP contribution < -0.4 is 10.6 Å². The van der Waals surface area contributed by atoms with Crippen LogP contribution in [0.25, 0.3) is 0 Å². The molecule has 1 atom stereocenters. The van der Waals surface area contributed by atoms with Gasteiger partial charge in [-0.15, -0.1) is 0 Å². The summed E-state index contributed by atoms with van der Waals surface area (Å²) in [7, 11) is 1.91. The van der Waals surface area contributed by atoms with Crippen molar-refractivity contribution in [3.8, 4) is 0 Å². The van der Waals surface area contributed by atoms with E-state index in [2.05, 4.69) is 20.7 Å². The highest BCUT2D eigenvalue weighted by Gasteiger charge is 2.30. The van der Waals surface area contributed by atoms with Crippen molar-refractivity contribution in [2.24, 2.45) is 12.0 Å². The van der Waals surface area contributed by atoms with E-state index in [4.69, 9.17) is 0 Å². The third-order valence-corrected chi connectivity index (χ3v) is 5.05. The predicted molar refractivity (Wildman–Crippen MR) is 110 cm³/mol. The average Bonchev–Trinajstić information content (AvgIpc) is 2.90.